The van der Waals surface area contributed by atoms with Gasteiger partial charge in [-0.2, -0.15) is 0 Å². The van der Waals surface area contributed by atoms with Crippen LogP contribution in [0.4, 0.5) is 19.7 Å². The average Bonchev–Trinajstić information content (AvgIpc) is 3.35. The number of hydrogen-bond acceptors (Lipinski definition) is 6. The number of nitrogens with zero attached hydrogens (tertiary/aromatic N) is 2. The van der Waals surface area contributed by atoms with Gasteiger partial charge in [-0.3, -0.25) is 9.59 Å². The van der Waals surface area contributed by atoms with E-state index in [0.717, 1.165) is 16.0 Å². The summed E-state index contributed by atoms with van der Waals surface area (Å²) in [4.78, 5) is 54.1. The predicted octanol–water partition coefficient (Wildman–Crippen LogP) is 2.90. The number of fused-ring (bicyclic) bond motifs is 2. The first-order valence-electron chi connectivity index (χ1n) is 12.5. The first kappa shape index (κ1) is 25.7. The van der Waals surface area contributed by atoms with Crippen LogP contribution in [0.2, 0.25) is 0 Å². The predicted molar refractivity (Wildman–Crippen MR) is 133 cm³/mol. The third-order valence-electron chi connectivity index (χ3n) is 7.57. The number of anilines is 1. The van der Waals surface area contributed by atoms with Gasteiger partial charge in [0.2, 0.25) is 11.5 Å². The molecular formula is C27H29FN4O6. The van der Waals surface area contributed by atoms with Crippen LogP contribution in [0.1, 0.15) is 36.0 Å². The number of ether oxygens (including phenoxy) is 2. The Morgan fingerprint density at radius 3 is 2.61 bits per heavy atom. The van der Waals surface area contributed by atoms with E-state index in [-0.39, 0.29) is 37.0 Å². The van der Waals surface area contributed by atoms with Gasteiger partial charge in [-0.25, -0.2) is 18.9 Å². The highest BCUT2D eigenvalue weighted by Crippen LogP contribution is 2.46. The first-order valence-corrected chi connectivity index (χ1v) is 12.5. The maximum atomic E-state index is 13.6. The van der Waals surface area contributed by atoms with E-state index in [1.807, 2.05) is 0 Å². The molecular weight excluding hydrogens is 495 g/mol. The number of imide groups is 1. The number of rotatable bonds is 7. The number of hydrogen-bond donors (Lipinski definition) is 2. The van der Waals surface area contributed by atoms with Crippen molar-refractivity contribution in [3.63, 3.8) is 0 Å². The zero-order valence-electron chi connectivity index (χ0n) is 21.2. The van der Waals surface area contributed by atoms with E-state index >= 15 is 0 Å². The summed E-state index contributed by atoms with van der Waals surface area (Å²) in [6.45, 7) is -0.243. The molecule has 10 nitrogen and oxygen atoms in total. The van der Waals surface area contributed by atoms with Crippen LogP contribution < -0.4 is 10.6 Å². The second-order valence-corrected chi connectivity index (χ2v) is 9.79. The number of carbonyl (C=O) groups excluding carboxylic acids is 4. The molecule has 1 saturated carbocycles. The minimum atomic E-state index is -1.49. The molecule has 11 heteroatoms. The number of halogens is 1. The Morgan fingerprint density at radius 1 is 1.18 bits per heavy atom. The molecule has 2 aliphatic carbocycles. The van der Waals surface area contributed by atoms with Gasteiger partial charge in [0.05, 0.1) is 6.10 Å². The van der Waals surface area contributed by atoms with Crippen molar-refractivity contribution >= 4 is 29.6 Å². The Kier molecular flexibility index (Phi) is 6.78. The number of aryl methyl sites for hydroxylation is 1. The van der Waals surface area contributed by atoms with Gasteiger partial charge in [0.1, 0.15) is 12.4 Å². The van der Waals surface area contributed by atoms with Crippen LogP contribution in [0.25, 0.3) is 0 Å². The van der Waals surface area contributed by atoms with Crippen LogP contribution in [0.3, 0.4) is 0 Å². The molecule has 5 amide bonds. The molecule has 0 aromatic heterocycles. The van der Waals surface area contributed by atoms with Crippen molar-refractivity contribution in [1.82, 2.24) is 15.1 Å². The van der Waals surface area contributed by atoms with E-state index in [4.69, 9.17) is 9.47 Å². The van der Waals surface area contributed by atoms with Crippen molar-refractivity contribution in [1.29, 1.82) is 0 Å². The van der Waals surface area contributed by atoms with Crippen molar-refractivity contribution in [2.45, 2.75) is 50.0 Å². The number of carbonyl (C=O) groups is 4. The summed E-state index contributed by atoms with van der Waals surface area (Å²) in [6, 6.07) is 10.4. The zero-order valence-corrected chi connectivity index (χ0v) is 21.2. The van der Waals surface area contributed by atoms with Crippen molar-refractivity contribution in [3.05, 3.63) is 65.0 Å². The van der Waals surface area contributed by atoms with Gasteiger partial charge in [0, 0.05) is 44.4 Å². The number of amides is 5. The summed E-state index contributed by atoms with van der Waals surface area (Å²) in [5.74, 6) is -1.36. The second kappa shape index (κ2) is 10.1. The number of methoxy groups -OCH3 is 1. The third-order valence-corrected chi connectivity index (χ3v) is 7.57. The van der Waals surface area contributed by atoms with Gasteiger partial charge in [-0.15, -0.1) is 0 Å². The van der Waals surface area contributed by atoms with E-state index < -0.39 is 30.1 Å². The van der Waals surface area contributed by atoms with E-state index in [0.29, 0.717) is 30.5 Å². The van der Waals surface area contributed by atoms with Crippen molar-refractivity contribution < 1.29 is 33.0 Å². The largest absolute Gasteiger partial charge is 0.427 e. The minimum absolute atomic E-state index is 0.0305. The summed E-state index contributed by atoms with van der Waals surface area (Å²) in [6.07, 6.45) is 1.14. The van der Waals surface area contributed by atoms with Gasteiger partial charge in [0.15, 0.2) is 0 Å². The number of urea groups is 1. The summed E-state index contributed by atoms with van der Waals surface area (Å²) < 4.78 is 24.4. The lowest BCUT2D eigenvalue weighted by Gasteiger charge is -2.42. The summed E-state index contributed by atoms with van der Waals surface area (Å²) in [5.41, 5.74) is 1.13. The second-order valence-electron chi connectivity index (χ2n) is 9.79. The molecule has 5 rings (SSSR count). The van der Waals surface area contributed by atoms with Crippen molar-refractivity contribution in [2.75, 3.05) is 26.0 Å². The highest BCUT2D eigenvalue weighted by Gasteiger charge is 2.58. The maximum Gasteiger partial charge on any atom is 0.418 e. The molecule has 2 aromatic rings. The molecule has 2 fully saturated rings. The standard InChI is InChI=1S/C27H29FN4O6/c1-29-25(35)30-19-7-8-22-17(11-19)9-10-27(22)24(34)32(26(36)38-27)15-23(33)31(20-12-21(13-20)37-2)14-16-3-5-18(28)6-4-16/h3-8,11,20-21H,9-10,12-15H2,1-2H3,(H2,29,30,35)/t20?,21?,27-/m1/s1. The van der Waals surface area contributed by atoms with Crippen molar-refractivity contribution in [3.8, 4) is 0 Å². The quantitative estimate of drug-likeness (QED) is 0.575. The SMILES string of the molecule is CNC(=O)Nc1ccc2c(c1)CC[C@@]21OC(=O)N(CC(=O)N(Cc2ccc(F)cc2)C2CC(OC)C2)C1=O. The molecule has 3 aliphatic rings. The smallest absolute Gasteiger partial charge is 0.418 e. The Morgan fingerprint density at radius 2 is 1.92 bits per heavy atom. The molecule has 1 spiro atoms. The molecule has 0 bridgehead atoms. The molecule has 2 N–H and O–H groups in total. The Bertz CT molecular complexity index is 1280. The highest BCUT2D eigenvalue weighted by molar-refractivity contribution is 6.06. The molecule has 200 valence electrons. The van der Waals surface area contributed by atoms with Crippen LogP contribution in [-0.2, 0) is 37.6 Å². The van der Waals surface area contributed by atoms with E-state index in [1.54, 1.807) is 42.3 Å². The van der Waals surface area contributed by atoms with E-state index in [1.165, 1.54) is 19.2 Å². The lowest BCUT2D eigenvalue weighted by Crippen LogP contribution is -2.53. The lowest BCUT2D eigenvalue weighted by atomic mass is 9.87. The van der Waals surface area contributed by atoms with Crippen molar-refractivity contribution in [2.24, 2.45) is 0 Å². The Balaban J connectivity index is 1.33. The molecule has 1 atom stereocenters. The molecule has 0 unspecified atom stereocenters. The molecule has 0 radical (unpaired) electrons. The topological polar surface area (TPSA) is 117 Å². The van der Waals surface area contributed by atoms with Gasteiger partial charge in [-0.05, 0) is 54.7 Å². The number of benzene rings is 2. The summed E-state index contributed by atoms with van der Waals surface area (Å²) >= 11 is 0. The fourth-order valence-corrected chi connectivity index (χ4v) is 5.34. The zero-order chi connectivity index (χ0) is 27.0. The van der Waals surface area contributed by atoms with Gasteiger partial charge < -0.3 is 25.0 Å². The van der Waals surface area contributed by atoms with E-state index in [9.17, 15) is 23.6 Å². The molecule has 1 heterocycles. The average molecular weight is 525 g/mol. The van der Waals surface area contributed by atoms with Crippen LogP contribution in [0, 0.1) is 5.82 Å². The van der Waals surface area contributed by atoms with Crippen LogP contribution >= 0.6 is 0 Å². The van der Waals surface area contributed by atoms with Gasteiger partial charge >= 0.3 is 12.1 Å². The van der Waals surface area contributed by atoms with Crippen LogP contribution in [0.5, 0.6) is 0 Å². The molecule has 38 heavy (non-hydrogen) atoms. The molecule has 2 aromatic carbocycles. The van der Waals surface area contributed by atoms with Gasteiger partial charge in [0.25, 0.3) is 5.91 Å². The Hall–Kier alpha value is -3.99. The highest BCUT2D eigenvalue weighted by atomic mass is 19.1. The normalized spacial score (nSPS) is 23.6. The fourth-order valence-electron chi connectivity index (χ4n) is 5.34. The van der Waals surface area contributed by atoms with Crippen LogP contribution in [-0.4, -0.2) is 66.6 Å². The Labute approximate surface area is 219 Å². The third kappa shape index (κ3) is 4.58. The maximum absolute atomic E-state index is 13.6. The summed E-state index contributed by atoms with van der Waals surface area (Å²) in [5, 5.41) is 5.16. The van der Waals surface area contributed by atoms with E-state index in [2.05, 4.69) is 10.6 Å². The molecule has 1 saturated heterocycles. The molecule has 1 aliphatic heterocycles. The minimum Gasteiger partial charge on any atom is -0.427 e. The fraction of sp³-hybridized carbons (Fsp3) is 0.407. The first-order chi connectivity index (χ1) is 18.2. The van der Waals surface area contributed by atoms with Crippen LogP contribution in [0.15, 0.2) is 42.5 Å². The number of nitrogens with one attached hydrogen (secondary N) is 2. The van der Waals surface area contributed by atoms with Gasteiger partial charge in [-0.1, -0.05) is 18.2 Å². The lowest BCUT2D eigenvalue weighted by molar-refractivity contribution is -0.145. The monoisotopic (exact) mass is 524 g/mol. The summed E-state index contributed by atoms with van der Waals surface area (Å²) in [7, 11) is 3.12.